The van der Waals surface area contributed by atoms with Gasteiger partial charge in [0.2, 0.25) is 5.75 Å². The number of ether oxygens (including phenoxy) is 1. The van der Waals surface area contributed by atoms with Crippen molar-refractivity contribution in [2.75, 3.05) is 7.11 Å². The Morgan fingerprint density at radius 3 is 2.15 bits per heavy atom. The van der Waals surface area contributed by atoms with Crippen LogP contribution >= 0.6 is 10.2 Å². The Morgan fingerprint density at radius 2 is 1.80 bits per heavy atom. The zero-order valence-corrected chi connectivity index (χ0v) is 10.3. The Morgan fingerprint density at radius 1 is 1.30 bits per heavy atom. The molecule has 0 aromatic heterocycles. The van der Waals surface area contributed by atoms with Crippen LogP contribution in [-0.2, 0) is 4.74 Å². The van der Waals surface area contributed by atoms with Crippen LogP contribution in [0.2, 0.25) is 0 Å². The smallest absolute Gasteiger partial charge is 0.341 e. The van der Waals surface area contributed by atoms with Crippen LogP contribution in [0.25, 0.3) is 0 Å². The van der Waals surface area contributed by atoms with Crippen molar-refractivity contribution in [1.82, 2.24) is 0 Å². The van der Waals surface area contributed by atoms with Crippen molar-refractivity contribution in [3.8, 4) is 5.75 Å². The summed E-state index contributed by atoms with van der Waals surface area (Å²) in [5, 5.41) is 19.7. The molecule has 0 saturated heterocycles. The van der Waals surface area contributed by atoms with Gasteiger partial charge < -0.3 is 9.84 Å². The third-order valence-electron chi connectivity index (χ3n) is 2.11. The lowest BCUT2D eigenvalue weighted by Gasteiger charge is -2.40. The van der Waals surface area contributed by atoms with E-state index >= 15 is 0 Å². The Hall–Kier alpha value is -2.11. The van der Waals surface area contributed by atoms with Gasteiger partial charge in [-0.15, -0.1) is 0 Å². The average molecular weight is 323 g/mol. The summed E-state index contributed by atoms with van der Waals surface area (Å²) in [6.07, 6.45) is 0. The molecule has 0 saturated carbocycles. The van der Waals surface area contributed by atoms with Crippen molar-refractivity contribution in [3.63, 3.8) is 0 Å². The topological polar surface area (TPSA) is 89.7 Å². The Kier molecular flexibility index (Phi) is 2.96. The molecule has 0 unspecified atom stereocenters. The van der Waals surface area contributed by atoms with E-state index in [2.05, 4.69) is 4.74 Å². The van der Waals surface area contributed by atoms with Crippen molar-refractivity contribution in [2.24, 2.45) is 0 Å². The number of hydrogen-bond donors (Lipinski definition) is 1. The number of carbonyl (C=O) groups excluding carboxylic acids is 1. The van der Waals surface area contributed by atoms with E-state index in [1.807, 2.05) is 0 Å². The zero-order valence-electron chi connectivity index (χ0n) is 9.48. The lowest BCUT2D eigenvalue weighted by molar-refractivity contribution is -0.386. The van der Waals surface area contributed by atoms with E-state index in [0.29, 0.717) is 7.11 Å². The van der Waals surface area contributed by atoms with Crippen LogP contribution in [0.3, 0.4) is 0 Å². The van der Waals surface area contributed by atoms with E-state index in [-0.39, 0.29) is 0 Å². The van der Waals surface area contributed by atoms with E-state index in [4.69, 9.17) is 0 Å². The van der Waals surface area contributed by atoms with E-state index in [1.54, 1.807) is 0 Å². The maximum Gasteiger partial charge on any atom is 0.341 e. The first-order chi connectivity index (χ1) is 8.67. The number of halogens is 5. The molecule has 0 atom stereocenters. The van der Waals surface area contributed by atoms with Gasteiger partial charge in [0.1, 0.15) is 10.5 Å². The van der Waals surface area contributed by atoms with Gasteiger partial charge in [-0.05, 0) is 6.07 Å². The number of benzene rings is 1. The molecule has 20 heavy (non-hydrogen) atoms. The summed E-state index contributed by atoms with van der Waals surface area (Å²) < 4.78 is 67.0. The van der Waals surface area contributed by atoms with Crippen LogP contribution in [0.5, 0.6) is 5.75 Å². The zero-order chi connectivity index (χ0) is 16.0. The van der Waals surface area contributed by atoms with Crippen LogP contribution in [-0.4, -0.2) is 23.1 Å². The largest absolute Gasteiger partial charge is 0.501 e. The van der Waals surface area contributed by atoms with Gasteiger partial charge in [0.15, 0.2) is 0 Å². The number of nitro benzene ring substituents is 1. The summed E-state index contributed by atoms with van der Waals surface area (Å²) in [4.78, 5) is 17.4. The quantitative estimate of drug-likeness (QED) is 0.396. The first-order valence-corrected chi connectivity index (χ1v) is 6.46. The van der Waals surface area contributed by atoms with Crippen LogP contribution in [0.4, 0.5) is 25.1 Å². The van der Waals surface area contributed by atoms with E-state index in [1.165, 1.54) is 0 Å². The molecule has 0 fully saturated rings. The summed E-state index contributed by atoms with van der Waals surface area (Å²) in [5.41, 5.74) is -3.07. The molecule has 0 spiro atoms. The number of hydrogen-bond acceptors (Lipinski definition) is 5. The number of nitro groups is 1. The predicted molar refractivity (Wildman–Crippen MR) is 57.5 cm³/mol. The normalized spacial score (nSPS) is 15.1. The summed E-state index contributed by atoms with van der Waals surface area (Å²) in [7, 11) is -9.57. The fourth-order valence-electron chi connectivity index (χ4n) is 1.22. The second-order valence-corrected chi connectivity index (χ2v) is 5.97. The number of carbonyl (C=O) groups is 1. The molecule has 114 valence electrons. The van der Waals surface area contributed by atoms with Crippen molar-refractivity contribution in [1.29, 1.82) is 0 Å². The first kappa shape index (κ1) is 15.9. The third-order valence-corrected chi connectivity index (χ3v) is 3.24. The second-order valence-electron chi connectivity index (χ2n) is 3.56. The van der Waals surface area contributed by atoms with E-state index < -0.39 is 55.1 Å². The molecular weight excluding hydrogens is 317 g/mol. The predicted octanol–water partition coefficient (Wildman–Crippen LogP) is 3.74. The molecule has 1 N–H and O–H groups in total. The van der Waals surface area contributed by atoms with Crippen molar-refractivity contribution >= 4 is 21.9 Å². The average Bonchev–Trinajstić information content (AvgIpc) is 2.24. The van der Waals surface area contributed by atoms with E-state index in [9.17, 15) is 39.4 Å². The molecule has 12 heteroatoms. The van der Waals surface area contributed by atoms with Gasteiger partial charge in [0.25, 0.3) is 0 Å². The molecule has 0 aliphatic carbocycles. The standard InChI is InChI=1S/C8H6F5NO5S/c1-19-8(16)5-2-4(20(9,10,11,12)13)3-6(7(5)15)14(17)18/h2-3,15H,1H3. The minimum Gasteiger partial charge on any atom is -0.501 e. The monoisotopic (exact) mass is 323 g/mol. The Balaban J connectivity index is 3.81. The number of phenols is 1. The van der Waals surface area contributed by atoms with E-state index in [0.717, 1.165) is 0 Å². The molecule has 0 aliphatic heterocycles. The highest BCUT2D eigenvalue weighted by molar-refractivity contribution is 8.45. The minimum atomic E-state index is -10.3. The molecule has 0 radical (unpaired) electrons. The van der Waals surface area contributed by atoms with Gasteiger partial charge in [0, 0.05) is 6.07 Å². The highest BCUT2D eigenvalue weighted by Gasteiger charge is 2.66. The number of aromatic hydroxyl groups is 1. The van der Waals surface area contributed by atoms with Gasteiger partial charge in [-0.25, -0.2) is 4.79 Å². The molecule has 0 heterocycles. The van der Waals surface area contributed by atoms with Gasteiger partial charge in [0.05, 0.1) is 12.0 Å². The number of phenolic OH excluding ortho intramolecular Hbond substituents is 1. The van der Waals surface area contributed by atoms with Crippen LogP contribution in [0.1, 0.15) is 10.4 Å². The van der Waals surface area contributed by atoms with Crippen LogP contribution in [0.15, 0.2) is 17.0 Å². The number of esters is 1. The Labute approximate surface area is 107 Å². The van der Waals surface area contributed by atoms with Crippen molar-refractivity contribution < 1.29 is 39.0 Å². The minimum absolute atomic E-state index is 0.393. The molecule has 1 aromatic rings. The number of rotatable bonds is 3. The number of nitrogens with zero attached hydrogens (tertiary/aromatic N) is 1. The SMILES string of the molecule is COC(=O)c1cc(S(F)(F)(F)(F)F)cc([N+](=O)[O-])c1O. The summed E-state index contributed by atoms with van der Waals surface area (Å²) >= 11 is 0. The molecule has 1 aromatic carbocycles. The van der Waals surface area contributed by atoms with Gasteiger partial charge in [-0.2, -0.15) is 0 Å². The van der Waals surface area contributed by atoms with Gasteiger partial charge >= 0.3 is 21.9 Å². The van der Waals surface area contributed by atoms with Crippen molar-refractivity contribution in [2.45, 2.75) is 4.90 Å². The summed E-state index contributed by atoms with van der Waals surface area (Å²) in [6, 6.07) is -0.931. The number of methoxy groups -OCH3 is 1. The van der Waals surface area contributed by atoms with Crippen LogP contribution < -0.4 is 0 Å². The molecule has 0 bridgehead atoms. The molecular formula is C8H6F5NO5S. The maximum absolute atomic E-state index is 12.6. The summed E-state index contributed by atoms with van der Waals surface area (Å²) in [6.45, 7) is 0. The summed E-state index contributed by atoms with van der Waals surface area (Å²) in [5.74, 6) is -3.12. The third kappa shape index (κ3) is 3.07. The highest BCUT2D eigenvalue weighted by Crippen LogP contribution is 3.02. The second kappa shape index (κ2) is 3.71. The lowest BCUT2D eigenvalue weighted by Crippen LogP contribution is -2.10. The lowest BCUT2D eigenvalue weighted by atomic mass is 10.1. The molecule has 0 amide bonds. The van der Waals surface area contributed by atoms with Crippen molar-refractivity contribution in [3.05, 3.63) is 27.8 Å². The fraction of sp³-hybridized carbons (Fsp3) is 0.125. The first-order valence-electron chi connectivity index (χ1n) is 4.51. The van der Waals surface area contributed by atoms with Gasteiger partial charge in [-0.3, -0.25) is 10.1 Å². The van der Waals surface area contributed by atoms with Crippen LogP contribution in [0, 0.1) is 10.1 Å². The molecule has 6 nitrogen and oxygen atoms in total. The van der Waals surface area contributed by atoms with Gasteiger partial charge in [-0.1, -0.05) is 19.4 Å². The molecule has 0 aliphatic rings. The highest BCUT2D eigenvalue weighted by atomic mass is 32.5. The maximum atomic E-state index is 12.6. The Bertz CT molecular complexity index is 614. The fourth-order valence-corrected chi connectivity index (χ4v) is 1.90. The molecule has 1 rings (SSSR count).